The normalized spacial score (nSPS) is 30.0. The highest BCUT2D eigenvalue weighted by Crippen LogP contribution is 2.36. The molecule has 1 aromatic carbocycles. The fourth-order valence-electron chi connectivity index (χ4n) is 4.77. The molecule has 0 saturated heterocycles. The van der Waals surface area contributed by atoms with Gasteiger partial charge in [-0.05, 0) is 41.9 Å². The number of alkyl halides is 1. The Hall–Kier alpha value is -1.70. The van der Waals surface area contributed by atoms with Crippen molar-refractivity contribution in [2.75, 3.05) is 0 Å². The molecule has 1 nitrogen and oxygen atoms in total. The molecule has 3 rings (SSSR count). The minimum absolute atomic E-state index is 0.0482. The quantitative estimate of drug-likeness (QED) is 0.526. The first-order valence-electron chi connectivity index (χ1n) is 10.6. The lowest BCUT2D eigenvalue weighted by Gasteiger charge is -2.25. The first-order chi connectivity index (χ1) is 13.0. The summed E-state index contributed by atoms with van der Waals surface area (Å²) in [6.07, 6.45) is 10.6. The first-order valence-corrected chi connectivity index (χ1v) is 10.6. The monoisotopic (exact) mass is 368 g/mol. The average Bonchev–Trinajstić information content (AvgIpc) is 3.10. The fourth-order valence-corrected chi connectivity index (χ4v) is 4.77. The number of Topliss-reactive ketones (excluding diaryl/α,β-unsaturated/α-hetero) is 1. The topological polar surface area (TPSA) is 17.1 Å². The van der Waals surface area contributed by atoms with Crippen molar-refractivity contribution in [2.45, 2.75) is 65.0 Å². The predicted molar refractivity (Wildman–Crippen MR) is 110 cm³/mol. The predicted octanol–water partition coefficient (Wildman–Crippen LogP) is 6.66. The van der Waals surface area contributed by atoms with Crippen molar-refractivity contribution < 1.29 is 9.18 Å². The number of halogens is 1. The molecule has 146 valence electrons. The lowest BCUT2D eigenvalue weighted by molar-refractivity contribution is -0.125. The number of benzene rings is 1. The van der Waals surface area contributed by atoms with Crippen LogP contribution >= 0.6 is 0 Å². The number of carbonyl (C=O) groups is 1. The van der Waals surface area contributed by atoms with Gasteiger partial charge in [-0.15, -0.1) is 0 Å². The SMILES string of the molecule is CC(CCC1CCCC1C)C(=O)[C@H](C)C1=CC(F)C(c2ccccc2)C=C1. The molecule has 0 amide bonds. The van der Waals surface area contributed by atoms with Crippen molar-refractivity contribution in [3.05, 3.63) is 59.7 Å². The zero-order valence-corrected chi connectivity index (χ0v) is 16.9. The van der Waals surface area contributed by atoms with Crippen LogP contribution in [0, 0.1) is 23.7 Å². The zero-order chi connectivity index (χ0) is 19.4. The molecule has 0 spiro atoms. The molecular formula is C25H33FO. The number of carbonyl (C=O) groups excluding carboxylic acids is 1. The van der Waals surface area contributed by atoms with Gasteiger partial charge in [-0.1, -0.05) is 82.5 Å². The summed E-state index contributed by atoms with van der Waals surface area (Å²) in [7, 11) is 0. The highest BCUT2D eigenvalue weighted by Gasteiger charge is 2.29. The maximum atomic E-state index is 14.8. The summed E-state index contributed by atoms with van der Waals surface area (Å²) in [5.41, 5.74) is 1.82. The van der Waals surface area contributed by atoms with E-state index >= 15 is 0 Å². The molecule has 2 aliphatic carbocycles. The van der Waals surface area contributed by atoms with Crippen LogP contribution < -0.4 is 0 Å². The number of rotatable bonds is 7. The second-order valence-electron chi connectivity index (χ2n) is 8.68. The summed E-state index contributed by atoms with van der Waals surface area (Å²) < 4.78 is 14.8. The molecule has 27 heavy (non-hydrogen) atoms. The van der Waals surface area contributed by atoms with Gasteiger partial charge in [0.05, 0.1) is 0 Å². The number of hydrogen-bond donors (Lipinski definition) is 0. The standard InChI is InChI=1S/C25H33FO/c1-17-8-7-11-20(17)13-12-18(2)25(27)19(3)22-14-15-23(24(26)16-22)21-9-5-4-6-10-21/h4-6,9-10,14-20,23-24H,7-8,11-13H2,1-3H3/t17?,18?,19-,20?,23?,24?/m1/s1. The van der Waals surface area contributed by atoms with Gasteiger partial charge in [0.25, 0.3) is 0 Å². The van der Waals surface area contributed by atoms with E-state index < -0.39 is 6.17 Å². The van der Waals surface area contributed by atoms with Gasteiger partial charge in [0.2, 0.25) is 0 Å². The lowest BCUT2D eigenvalue weighted by Crippen LogP contribution is -2.24. The Bertz CT molecular complexity index is 690. The minimum atomic E-state index is -1.07. The van der Waals surface area contributed by atoms with Gasteiger partial charge in [0, 0.05) is 17.8 Å². The molecule has 0 aliphatic heterocycles. The Balaban J connectivity index is 1.57. The molecule has 0 heterocycles. The molecule has 0 N–H and O–H groups in total. The summed E-state index contributed by atoms with van der Waals surface area (Å²) in [6.45, 7) is 6.32. The molecule has 2 heteroatoms. The fraction of sp³-hybridized carbons (Fsp3) is 0.560. The Morgan fingerprint density at radius 2 is 1.93 bits per heavy atom. The van der Waals surface area contributed by atoms with Gasteiger partial charge < -0.3 is 0 Å². The van der Waals surface area contributed by atoms with Gasteiger partial charge in [0.1, 0.15) is 12.0 Å². The third-order valence-electron chi connectivity index (χ3n) is 6.80. The Labute approximate surface area is 163 Å². The lowest BCUT2D eigenvalue weighted by atomic mass is 9.80. The largest absolute Gasteiger partial charge is 0.299 e. The third kappa shape index (κ3) is 4.78. The van der Waals surface area contributed by atoms with Crippen molar-refractivity contribution in [2.24, 2.45) is 23.7 Å². The van der Waals surface area contributed by atoms with E-state index in [9.17, 15) is 9.18 Å². The first kappa shape index (κ1) is 20.0. The van der Waals surface area contributed by atoms with E-state index in [2.05, 4.69) is 6.92 Å². The molecule has 1 fully saturated rings. The second kappa shape index (κ2) is 8.99. The molecule has 5 unspecified atom stereocenters. The van der Waals surface area contributed by atoms with Gasteiger partial charge in [-0.3, -0.25) is 4.79 Å². The number of ketones is 1. The molecule has 2 aliphatic rings. The van der Waals surface area contributed by atoms with Crippen LogP contribution in [0.25, 0.3) is 0 Å². The van der Waals surface area contributed by atoms with Crippen molar-refractivity contribution in [3.63, 3.8) is 0 Å². The molecule has 0 aromatic heterocycles. The van der Waals surface area contributed by atoms with Gasteiger partial charge in [-0.25, -0.2) is 4.39 Å². The molecule has 1 saturated carbocycles. The third-order valence-corrected chi connectivity index (χ3v) is 6.80. The van der Waals surface area contributed by atoms with Crippen LogP contribution in [0.15, 0.2) is 54.1 Å². The van der Waals surface area contributed by atoms with Crippen LogP contribution in [0.3, 0.4) is 0 Å². The van der Waals surface area contributed by atoms with Gasteiger partial charge in [0.15, 0.2) is 0 Å². The highest BCUT2D eigenvalue weighted by molar-refractivity contribution is 5.86. The van der Waals surface area contributed by atoms with Gasteiger partial charge in [-0.2, -0.15) is 0 Å². The minimum Gasteiger partial charge on any atom is -0.299 e. The maximum Gasteiger partial charge on any atom is 0.142 e. The van der Waals surface area contributed by atoms with E-state index in [1.54, 1.807) is 6.08 Å². The molecule has 6 atom stereocenters. The van der Waals surface area contributed by atoms with E-state index in [4.69, 9.17) is 0 Å². The van der Waals surface area contributed by atoms with Crippen molar-refractivity contribution in [1.29, 1.82) is 0 Å². The van der Waals surface area contributed by atoms with Crippen LogP contribution in [0.4, 0.5) is 4.39 Å². The smallest absolute Gasteiger partial charge is 0.142 e. The summed E-state index contributed by atoms with van der Waals surface area (Å²) in [4.78, 5) is 12.9. The van der Waals surface area contributed by atoms with E-state index in [0.717, 1.165) is 35.8 Å². The Morgan fingerprint density at radius 1 is 1.19 bits per heavy atom. The number of hydrogen-bond acceptors (Lipinski definition) is 1. The van der Waals surface area contributed by atoms with Crippen molar-refractivity contribution in [1.82, 2.24) is 0 Å². The Kier molecular flexibility index (Phi) is 6.68. The van der Waals surface area contributed by atoms with E-state index in [1.807, 2.05) is 56.3 Å². The second-order valence-corrected chi connectivity index (χ2v) is 8.68. The summed E-state index contributed by atoms with van der Waals surface area (Å²) in [5.74, 6) is 1.40. The number of allylic oxidation sites excluding steroid dienone is 4. The Morgan fingerprint density at radius 3 is 2.56 bits per heavy atom. The summed E-state index contributed by atoms with van der Waals surface area (Å²) >= 11 is 0. The molecule has 0 bridgehead atoms. The van der Waals surface area contributed by atoms with E-state index in [0.29, 0.717) is 0 Å². The van der Waals surface area contributed by atoms with E-state index in [-0.39, 0.29) is 23.5 Å². The van der Waals surface area contributed by atoms with Crippen molar-refractivity contribution >= 4 is 5.78 Å². The highest BCUT2D eigenvalue weighted by atomic mass is 19.1. The van der Waals surface area contributed by atoms with Crippen LogP contribution in [0.2, 0.25) is 0 Å². The van der Waals surface area contributed by atoms with Crippen molar-refractivity contribution in [3.8, 4) is 0 Å². The molecule has 0 radical (unpaired) electrons. The summed E-state index contributed by atoms with van der Waals surface area (Å²) in [6, 6.07) is 9.74. The molecule has 1 aromatic rings. The summed E-state index contributed by atoms with van der Waals surface area (Å²) in [5, 5.41) is 0. The maximum absolute atomic E-state index is 14.8. The van der Waals surface area contributed by atoms with Crippen LogP contribution in [0.1, 0.15) is 64.4 Å². The molecular weight excluding hydrogens is 335 g/mol. The van der Waals surface area contributed by atoms with Crippen LogP contribution in [-0.4, -0.2) is 12.0 Å². The van der Waals surface area contributed by atoms with Gasteiger partial charge >= 0.3 is 0 Å². The zero-order valence-electron chi connectivity index (χ0n) is 16.9. The van der Waals surface area contributed by atoms with Crippen LogP contribution in [0.5, 0.6) is 0 Å². The van der Waals surface area contributed by atoms with Crippen LogP contribution in [-0.2, 0) is 4.79 Å². The van der Waals surface area contributed by atoms with E-state index in [1.165, 1.54) is 19.3 Å². The average molecular weight is 369 g/mol.